The first-order valence-electron chi connectivity index (χ1n) is 7.84. The molecule has 0 aliphatic rings. The molecule has 6 heteroatoms. The predicted octanol–water partition coefficient (Wildman–Crippen LogP) is 4.31. The molecule has 0 fully saturated rings. The van der Waals surface area contributed by atoms with Gasteiger partial charge in [0.2, 0.25) is 0 Å². The van der Waals surface area contributed by atoms with Crippen molar-refractivity contribution in [1.29, 1.82) is 0 Å². The first-order chi connectivity index (χ1) is 12.3. The van der Waals surface area contributed by atoms with Crippen LogP contribution < -0.4 is 0 Å². The minimum atomic E-state index is -0.271. The Bertz CT molecular complexity index is 1220. The van der Waals surface area contributed by atoms with E-state index in [0.29, 0.717) is 11.5 Å². The molecule has 0 bridgehead atoms. The molecule has 0 aliphatic carbocycles. The highest BCUT2D eigenvalue weighted by Gasteiger charge is 2.15. The Labute approximate surface area is 141 Å². The molecule has 120 valence electrons. The first kappa shape index (κ1) is 13.9. The molecule has 3 aromatic heterocycles. The second-order valence-electron chi connectivity index (χ2n) is 5.77. The van der Waals surface area contributed by atoms with Crippen molar-refractivity contribution in [3.8, 4) is 22.6 Å². The molecule has 0 saturated heterocycles. The van der Waals surface area contributed by atoms with Crippen molar-refractivity contribution in [2.24, 2.45) is 0 Å². The normalized spacial score (nSPS) is 11.4. The Morgan fingerprint density at radius 2 is 1.76 bits per heavy atom. The lowest BCUT2D eigenvalue weighted by molar-refractivity contribution is 0.628. The summed E-state index contributed by atoms with van der Waals surface area (Å²) in [5, 5.41) is 7.30. The number of imidazole rings is 1. The molecule has 2 aromatic carbocycles. The molecule has 5 rings (SSSR count). The number of rotatable bonds is 2. The highest BCUT2D eigenvalue weighted by molar-refractivity contribution is 5.95. The second-order valence-corrected chi connectivity index (χ2v) is 5.77. The third-order valence-electron chi connectivity index (χ3n) is 4.19. The van der Waals surface area contributed by atoms with Gasteiger partial charge in [0.25, 0.3) is 0 Å². The van der Waals surface area contributed by atoms with Gasteiger partial charge in [0, 0.05) is 11.8 Å². The standard InChI is InChI=1S/C19H12FN5/c20-12-5-1-4-11(10-12)13-6-2-7-14-16(13)23-19(22-14)18-17-15(24-25-18)8-3-9-21-17/h1-10H,(H,22,23)(H,24,25). The van der Waals surface area contributed by atoms with Crippen LogP contribution in [0, 0.1) is 5.82 Å². The number of H-pyrrole nitrogens is 2. The van der Waals surface area contributed by atoms with Crippen LogP contribution in [0.3, 0.4) is 0 Å². The van der Waals surface area contributed by atoms with Gasteiger partial charge < -0.3 is 4.98 Å². The van der Waals surface area contributed by atoms with Gasteiger partial charge in [-0.25, -0.2) is 9.37 Å². The smallest absolute Gasteiger partial charge is 0.161 e. The van der Waals surface area contributed by atoms with E-state index in [-0.39, 0.29) is 5.82 Å². The van der Waals surface area contributed by atoms with E-state index in [2.05, 4.69) is 20.2 Å². The summed E-state index contributed by atoms with van der Waals surface area (Å²) in [6, 6.07) is 16.1. The molecular weight excluding hydrogens is 317 g/mol. The first-order valence-corrected chi connectivity index (χ1v) is 7.84. The number of para-hydroxylation sites is 1. The molecule has 2 N–H and O–H groups in total. The van der Waals surface area contributed by atoms with Gasteiger partial charge in [-0.05, 0) is 35.9 Å². The molecule has 0 radical (unpaired) electrons. The van der Waals surface area contributed by atoms with E-state index in [0.717, 1.165) is 33.2 Å². The summed E-state index contributed by atoms with van der Waals surface area (Å²) in [7, 11) is 0. The maximum absolute atomic E-state index is 13.6. The Morgan fingerprint density at radius 3 is 2.68 bits per heavy atom. The Morgan fingerprint density at radius 1 is 0.880 bits per heavy atom. The number of hydrogen-bond acceptors (Lipinski definition) is 3. The number of hydrogen-bond donors (Lipinski definition) is 2. The zero-order chi connectivity index (χ0) is 16.8. The van der Waals surface area contributed by atoms with Gasteiger partial charge in [-0.2, -0.15) is 5.10 Å². The molecule has 0 amide bonds. The lowest BCUT2D eigenvalue weighted by atomic mass is 10.0. The summed E-state index contributed by atoms with van der Waals surface area (Å²) >= 11 is 0. The topological polar surface area (TPSA) is 70.2 Å². The number of fused-ring (bicyclic) bond motifs is 2. The van der Waals surface area contributed by atoms with Gasteiger partial charge in [-0.1, -0.05) is 24.3 Å². The van der Waals surface area contributed by atoms with E-state index in [1.807, 2.05) is 36.4 Å². The highest BCUT2D eigenvalue weighted by Crippen LogP contribution is 2.30. The second kappa shape index (κ2) is 5.24. The zero-order valence-corrected chi connectivity index (χ0v) is 13.0. The van der Waals surface area contributed by atoms with Crippen molar-refractivity contribution in [3.63, 3.8) is 0 Å². The summed E-state index contributed by atoms with van der Waals surface area (Å²) in [6.45, 7) is 0. The Kier molecular flexibility index (Phi) is 2.90. The van der Waals surface area contributed by atoms with Crippen LogP contribution >= 0.6 is 0 Å². The van der Waals surface area contributed by atoms with Gasteiger partial charge >= 0.3 is 0 Å². The fourth-order valence-electron chi connectivity index (χ4n) is 3.05. The highest BCUT2D eigenvalue weighted by atomic mass is 19.1. The van der Waals surface area contributed by atoms with Gasteiger partial charge in [-0.15, -0.1) is 0 Å². The van der Waals surface area contributed by atoms with Crippen LogP contribution in [0.25, 0.3) is 44.7 Å². The zero-order valence-electron chi connectivity index (χ0n) is 13.0. The number of aromatic nitrogens is 5. The molecule has 0 aliphatic heterocycles. The monoisotopic (exact) mass is 329 g/mol. The molecule has 0 saturated carbocycles. The minimum Gasteiger partial charge on any atom is -0.336 e. The molecule has 0 unspecified atom stereocenters. The van der Waals surface area contributed by atoms with E-state index in [1.54, 1.807) is 12.3 Å². The Hall–Kier alpha value is -3.54. The van der Waals surface area contributed by atoms with Crippen LogP contribution in [0.4, 0.5) is 4.39 Å². The molecule has 25 heavy (non-hydrogen) atoms. The molecule has 0 spiro atoms. The summed E-state index contributed by atoms with van der Waals surface area (Å²) in [4.78, 5) is 12.4. The van der Waals surface area contributed by atoms with Gasteiger partial charge in [-0.3, -0.25) is 10.1 Å². The van der Waals surface area contributed by atoms with Crippen molar-refractivity contribution < 1.29 is 4.39 Å². The van der Waals surface area contributed by atoms with Crippen LogP contribution in [0.15, 0.2) is 60.8 Å². The quantitative estimate of drug-likeness (QED) is 0.507. The summed E-state index contributed by atoms with van der Waals surface area (Å²) < 4.78 is 13.6. The lowest BCUT2D eigenvalue weighted by Crippen LogP contribution is -1.84. The van der Waals surface area contributed by atoms with Crippen LogP contribution in [-0.4, -0.2) is 25.1 Å². The SMILES string of the molecule is Fc1cccc(-c2cccc3[nH]c(-c4n[nH]c5cccnc45)nc23)c1. The van der Waals surface area contributed by atoms with Gasteiger partial charge in [0.05, 0.1) is 16.6 Å². The lowest BCUT2D eigenvalue weighted by Gasteiger charge is -2.02. The third-order valence-corrected chi connectivity index (χ3v) is 4.19. The number of halogens is 1. The third kappa shape index (κ3) is 2.19. The number of nitrogens with zero attached hydrogens (tertiary/aromatic N) is 3. The van der Waals surface area contributed by atoms with E-state index in [4.69, 9.17) is 4.98 Å². The largest absolute Gasteiger partial charge is 0.336 e. The number of nitrogens with one attached hydrogen (secondary N) is 2. The van der Waals surface area contributed by atoms with Crippen molar-refractivity contribution in [2.75, 3.05) is 0 Å². The van der Waals surface area contributed by atoms with E-state index < -0.39 is 0 Å². The average Bonchev–Trinajstić information content (AvgIpc) is 3.25. The van der Waals surface area contributed by atoms with E-state index in [1.165, 1.54) is 12.1 Å². The van der Waals surface area contributed by atoms with Crippen LogP contribution in [-0.2, 0) is 0 Å². The molecular formula is C19H12FN5. The van der Waals surface area contributed by atoms with Crippen molar-refractivity contribution in [1.82, 2.24) is 25.1 Å². The Balaban J connectivity index is 1.74. The van der Waals surface area contributed by atoms with Crippen molar-refractivity contribution in [3.05, 3.63) is 66.6 Å². The fraction of sp³-hybridized carbons (Fsp3) is 0. The summed E-state index contributed by atoms with van der Waals surface area (Å²) in [5.74, 6) is 0.358. The van der Waals surface area contributed by atoms with E-state index in [9.17, 15) is 4.39 Å². The molecule has 5 aromatic rings. The number of benzene rings is 2. The van der Waals surface area contributed by atoms with Gasteiger partial charge in [0.1, 0.15) is 11.3 Å². The van der Waals surface area contributed by atoms with Crippen LogP contribution in [0.1, 0.15) is 0 Å². The predicted molar refractivity (Wildman–Crippen MR) is 94.4 cm³/mol. The number of pyridine rings is 1. The molecule has 0 atom stereocenters. The van der Waals surface area contributed by atoms with E-state index >= 15 is 0 Å². The summed E-state index contributed by atoms with van der Waals surface area (Å²) in [6.07, 6.45) is 1.72. The average molecular weight is 329 g/mol. The maximum Gasteiger partial charge on any atom is 0.161 e. The van der Waals surface area contributed by atoms with Gasteiger partial charge in [0.15, 0.2) is 11.5 Å². The van der Waals surface area contributed by atoms with Crippen LogP contribution in [0.5, 0.6) is 0 Å². The maximum atomic E-state index is 13.6. The van der Waals surface area contributed by atoms with Crippen molar-refractivity contribution >= 4 is 22.1 Å². The molecule has 5 nitrogen and oxygen atoms in total. The van der Waals surface area contributed by atoms with Crippen LogP contribution in [0.2, 0.25) is 0 Å². The summed E-state index contributed by atoms with van der Waals surface area (Å²) in [5.41, 5.74) is 5.56. The minimum absolute atomic E-state index is 0.271. The van der Waals surface area contributed by atoms with Crippen molar-refractivity contribution in [2.45, 2.75) is 0 Å². The number of aromatic amines is 2. The fourth-order valence-corrected chi connectivity index (χ4v) is 3.05. The molecule has 3 heterocycles.